The number of hydrogen-bond donors (Lipinski definition) is 0. The van der Waals surface area contributed by atoms with E-state index in [9.17, 15) is 0 Å². The number of furan rings is 2. The lowest BCUT2D eigenvalue weighted by atomic mass is 10.0. The van der Waals surface area contributed by atoms with Gasteiger partial charge in [0.1, 0.15) is 16.7 Å². The maximum absolute atomic E-state index is 6.20. The van der Waals surface area contributed by atoms with Crippen LogP contribution in [-0.4, -0.2) is 19.9 Å². The second kappa shape index (κ2) is 9.71. The largest absolute Gasteiger partial charge is 0.456 e. The molecule has 0 aliphatic carbocycles. The van der Waals surface area contributed by atoms with Gasteiger partial charge in [0, 0.05) is 44.4 Å². The zero-order chi connectivity index (χ0) is 29.0. The number of benzene rings is 5. The van der Waals surface area contributed by atoms with Gasteiger partial charge in [-0.1, -0.05) is 97.1 Å². The van der Waals surface area contributed by atoms with Crippen LogP contribution in [0.2, 0.25) is 0 Å². The molecule has 0 atom stereocenters. The van der Waals surface area contributed by atoms with Crippen LogP contribution in [0.5, 0.6) is 0 Å². The van der Waals surface area contributed by atoms with Gasteiger partial charge in [-0.3, -0.25) is 0 Å². The Balaban J connectivity index is 1.30. The summed E-state index contributed by atoms with van der Waals surface area (Å²) >= 11 is 0. The van der Waals surface area contributed by atoms with Crippen molar-refractivity contribution in [3.63, 3.8) is 0 Å². The number of rotatable bonds is 4. The summed E-state index contributed by atoms with van der Waals surface area (Å²) in [6.07, 6.45) is 1.73. The van der Waals surface area contributed by atoms with Gasteiger partial charge in [0.25, 0.3) is 0 Å². The summed E-state index contributed by atoms with van der Waals surface area (Å²) in [7, 11) is 0. The molecule has 0 saturated carbocycles. The molecule has 0 fully saturated rings. The highest BCUT2D eigenvalue weighted by Crippen LogP contribution is 2.38. The van der Waals surface area contributed by atoms with Crippen molar-refractivity contribution in [2.24, 2.45) is 0 Å². The van der Waals surface area contributed by atoms with Gasteiger partial charge in [0.2, 0.25) is 5.71 Å². The molecule has 0 amide bonds. The quantitative estimate of drug-likeness (QED) is 0.211. The average molecular weight is 567 g/mol. The van der Waals surface area contributed by atoms with E-state index >= 15 is 0 Å². The second-order valence-corrected chi connectivity index (χ2v) is 10.7. The van der Waals surface area contributed by atoms with Gasteiger partial charge in [-0.2, -0.15) is 0 Å². The standard InChI is InChI=1S/C38H22N4O2/c1-2-9-23(10-3-1)24-18-20-25(21-19-24)35-40-36(27-12-6-16-31-33(27)26-11-4-5-15-30(26)43-31)42-37(41-35)28-13-7-17-32-34(28)29-14-8-22-39-38(29)44-32/h1-22H. The number of fused-ring (bicyclic) bond motifs is 6. The predicted octanol–water partition coefficient (Wildman–Crippen LogP) is 9.73. The molecule has 0 unspecified atom stereocenters. The Bertz CT molecular complexity index is 2360. The average Bonchev–Trinajstić information content (AvgIpc) is 3.67. The molecule has 0 spiro atoms. The lowest BCUT2D eigenvalue weighted by Gasteiger charge is -2.10. The molecule has 4 aromatic heterocycles. The Hall–Kier alpha value is -6.14. The summed E-state index contributed by atoms with van der Waals surface area (Å²) in [6, 6.07) is 42.6. The first-order chi connectivity index (χ1) is 21.8. The van der Waals surface area contributed by atoms with E-state index in [1.165, 1.54) is 0 Å². The molecule has 5 aromatic carbocycles. The van der Waals surface area contributed by atoms with Crippen LogP contribution in [0.1, 0.15) is 0 Å². The van der Waals surface area contributed by atoms with E-state index in [-0.39, 0.29) is 0 Å². The lowest BCUT2D eigenvalue weighted by molar-refractivity contribution is 0.654. The minimum absolute atomic E-state index is 0.555. The first-order valence-electron chi connectivity index (χ1n) is 14.4. The normalized spacial score (nSPS) is 11.6. The van der Waals surface area contributed by atoms with Crippen molar-refractivity contribution in [1.82, 2.24) is 19.9 Å². The lowest BCUT2D eigenvalue weighted by Crippen LogP contribution is -2.00. The van der Waals surface area contributed by atoms with Crippen LogP contribution in [0.25, 0.3) is 89.3 Å². The van der Waals surface area contributed by atoms with Crippen LogP contribution in [0.3, 0.4) is 0 Å². The molecule has 4 heterocycles. The van der Waals surface area contributed by atoms with E-state index in [2.05, 4.69) is 47.4 Å². The fourth-order valence-electron chi connectivity index (χ4n) is 6.00. The molecular weight excluding hydrogens is 544 g/mol. The predicted molar refractivity (Wildman–Crippen MR) is 174 cm³/mol. The molecule has 44 heavy (non-hydrogen) atoms. The van der Waals surface area contributed by atoms with Crippen molar-refractivity contribution in [3.05, 3.63) is 134 Å². The van der Waals surface area contributed by atoms with Crippen LogP contribution >= 0.6 is 0 Å². The smallest absolute Gasteiger partial charge is 0.227 e. The molecule has 9 rings (SSSR count). The molecule has 6 heteroatoms. The topological polar surface area (TPSA) is 77.8 Å². The zero-order valence-corrected chi connectivity index (χ0v) is 23.3. The van der Waals surface area contributed by atoms with E-state index in [1.807, 2.05) is 84.9 Å². The Kier molecular flexibility index (Phi) is 5.40. The van der Waals surface area contributed by atoms with E-state index < -0.39 is 0 Å². The molecule has 0 saturated heterocycles. The van der Waals surface area contributed by atoms with E-state index in [0.29, 0.717) is 23.2 Å². The highest BCUT2D eigenvalue weighted by Gasteiger charge is 2.20. The Labute approximate surface area is 251 Å². The minimum atomic E-state index is 0.555. The van der Waals surface area contributed by atoms with Gasteiger partial charge < -0.3 is 8.83 Å². The Morgan fingerprint density at radius 2 is 0.955 bits per heavy atom. The second-order valence-electron chi connectivity index (χ2n) is 10.7. The molecule has 0 radical (unpaired) electrons. The summed E-state index contributed by atoms with van der Waals surface area (Å²) in [6.45, 7) is 0. The summed E-state index contributed by atoms with van der Waals surface area (Å²) in [5.74, 6) is 1.70. The van der Waals surface area contributed by atoms with Crippen LogP contribution < -0.4 is 0 Å². The summed E-state index contributed by atoms with van der Waals surface area (Å²) in [5, 5.41) is 3.83. The van der Waals surface area contributed by atoms with Crippen molar-refractivity contribution in [3.8, 4) is 45.3 Å². The maximum atomic E-state index is 6.20. The third kappa shape index (κ3) is 3.89. The van der Waals surface area contributed by atoms with Crippen LogP contribution in [-0.2, 0) is 0 Å². The maximum Gasteiger partial charge on any atom is 0.227 e. The van der Waals surface area contributed by atoms with Crippen molar-refractivity contribution in [2.75, 3.05) is 0 Å². The summed E-state index contributed by atoms with van der Waals surface area (Å²) in [4.78, 5) is 19.7. The first kappa shape index (κ1) is 24.5. The van der Waals surface area contributed by atoms with E-state index in [0.717, 1.165) is 66.1 Å². The first-order valence-corrected chi connectivity index (χ1v) is 14.4. The van der Waals surface area contributed by atoms with Crippen molar-refractivity contribution >= 4 is 44.0 Å². The van der Waals surface area contributed by atoms with Crippen molar-refractivity contribution < 1.29 is 8.83 Å². The van der Waals surface area contributed by atoms with Gasteiger partial charge in [-0.15, -0.1) is 0 Å². The Morgan fingerprint density at radius 3 is 1.73 bits per heavy atom. The number of hydrogen-bond acceptors (Lipinski definition) is 6. The van der Waals surface area contributed by atoms with Crippen LogP contribution in [0, 0.1) is 0 Å². The van der Waals surface area contributed by atoms with Gasteiger partial charge in [0.15, 0.2) is 17.5 Å². The fraction of sp³-hybridized carbons (Fsp3) is 0. The molecule has 206 valence electrons. The van der Waals surface area contributed by atoms with Gasteiger partial charge in [0.05, 0.1) is 0 Å². The van der Waals surface area contributed by atoms with E-state index in [4.69, 9.17) is 23.8 Å². The number of pyridine rings is 1. The Morgan fingerprint density at radius 1 is 0.386 bits per heavy atom. The van der Waals surface area contributed by atoms with E-state index in [1.54, 1.807) is 6.20 Å². The minimum Gasteiger partial charge on any atom is -0.456 e. The zero-order valence-electron chi connectivity index (χ0n) is 23.3. The third-order valence-corrected chi connectivity index (χ3v) is 8.04. The van der Waals surface area contributed by atoms with Crippen molar-refractivity contribution in [2.45, 2.75) is 0 Å². The van der Waals surface area contributed by atoms with Gasteiger partial charge in [-0.25, -0.2) is 19.9 Å². The monoisotopic (exact) mass is 566 g/mol. The SMILES string of the molecule is c1ccc(-c2ccc(-c3nc(-c4cccc5oc6ccccc6c45)nc(-c4cccc5oc6ncccc6c45)n3)cc2)cc1. The molecule has 0 aliphatic heterocycles. The van der Waals surface area contributed by atoms with Crippen molar-refractivity contribution in [1.29, 1.82) is 0 Å². The van der Waals surface area contributed by atoms with Crippen LogP contribution in [0.15, 0.2) is 142 Å². The summed E-state index contributed by atoms with van der Waals surface area (Å²) < 4.78 is 12.3. The molecule has 0 aliphatic rings. The highest BCUT2D eigenvalue weighted by atomic mass is 16.3. The molecule has 9 aromatic rings. The number of aromatic nitrogens is 4. The third-order valence-electron chi connectivity index (χ3n) is 8.04. The molecule has 6 nitrogen and oxygen atoms in total. The highest BCUT2D eigenvalue weighted by molar-refractivity contribution is 6.13. The van der Waals surface area contributed by atoms with Crippen LogP contribution in [0.4, 0.5) is 0 Å². The molecule has 0 bridgehead atoms. The molecular formula is C38H22N4O2. The number of nitrogens with zero attached hydrogens (tertiary/aromatic N) is 4. The van der Waals surface area contributed by atoms with Gasteiger partial charge in [-0.05, 0) is 41.5 Å². The summed E-state index contributed by atoms with van der Waals surface area (Å²) in [5.41, 5.74) is 7.82. The number of para-hydroxylation sites is 1. The van der Waals surface area contributed by atoms with Gasteiger partial charge >= 0.3 is 0 Å². The fourth-order valence-corrected chi connectivity index (χ4v) is 6.00. The molecule has 0 N–H and O–H groups in total.